The summed E-state index contributed by atoms with van der Waals surface area (Å²) in [4.78, 5) is 33.9. The van der Waals surface area contributed by atoms with Gasteiger partial charge in [-0.25, -0.2) is 9.97 Å². The molecule has 158 valence electrons. The van der Waals surface area contributed by atoms with Gasteiger partial charge in [0.25, 0.3) is 11.8 Å². The van der Waals surface area contributed by atoms with Gasteiger partial charge in [-0.1, -0.05) is 6.07 Å². The summed E-state index contributed by atoms with van der Waals surface area (Å²) in [5.41, 5.74) is 3.31. The quantitative estimate of drug-likeness (QED) is 0.456. The first kappa shape index (κ1) is 19.4. The van der Waals surface area contributed by atoms with E-state index in [0.29, 0.717) is 33.8 Å². The van der Waals surface area contributed by atoms with Gasteiger partial charge in [0.05, 0.1) is 23.5 Å². The van der Waals surface area contributed by atoms with Crippen LogP contribution in [0.5, 0.6) is 0 Å². The molecule has 0 fully saturated rings. The van der Waals surface area contributed by atoms with Crippen molar-refractivity contribution in [3.05, 3.63) is 72.3 Å². The van der Waals surface area contributed by atoms with Crippen LogP contribution in [0.4, 0.5) is 11.4 Å². The molecule has 0 saturated heterocycles. The summed E-state index contributed by atoms with van der Waals surface area (Å²) in [5, 5.41) is 15.5. The normalized spacial score (nSPS) is 11.1. The first-order valence-corrected chi connectivity index (χ1v) is 9.76. The van der Waals surface area contributed by atoms with Gasteiger partial charge < -0.3 is 10.6 Å². The Bertz CT molecular complexity index is 1390. The average Bonchev–Trinajstić information content (AvgIpc) is 3.36. The van der Waals surface area contributed by atoms with Crippen LogP contribution < -0.4 is 10.6 Å². The van der Waals surface area contributed by atoms with E-state index in [0.717, 1.165) is 10.8 Å². The number of rotatable bonds is 4. The van der Waals surface area contributed by atoms with Gasteiger partial charge in [0.15, 0.2) is 11.3 Å². The van der Waals surface area contributed by atoms with Crippen molar-refractivity contribution in [1.29, 1.82) is 0 Å². The molecule has 5 aromatic rings. The number of hydrogen-bond donors (Lipinski definition) is 2. The molecule has 0 spiro atoms. The molecular formula is C22H18N8O2. The molecule has 10 heteroatoms. The zero-order chi connectivity index (χ0) is 22.2. The van der Waals surface area contributed by atoms with E-state index in [1.165, 1.54) is 12.4 Å². The van der Waals surface area contributed by atoms with Crippen molar-refractivity contribution in [2.75, 3.05) is 10.6 Å². The van der Waals surface area contributed by atoms with Crippen molar-refractivity contribution >= 4 is 45.3 Å². The lowest BCUT2D eigenvalue weighted by Gasteiger charge is -2.09. The van der Waals surface area contributed by atoms with Crippen molar-refractivity contribution in [2.45, 2.75) is 0 Å². The average molecular weight is 426 g/mol. The number of nitrogens with zero attached hydrogens (tertiary/aromatic N) is 6. The molecular weight excluding hydrogens is 408 g/mol. The number of fused-ring (bicyclic) bond motifs is 2. The minimum atomic E-state index is -0.307. The lowest BCUT2D eigenvalue weighted by atomic mass is 10.2. The Balaban J connectivity index is 1.31. The van der Waals surface area contributed by atoms with Crippen LogP contribution >= 0.6 is 0 Å². The predicted octanol–water partition coefficient (Wildman–Crippen LogP) is 2.75. The number of nitrogens with one attached hydrogen (secondary N) is 2. The van der Waals surface area contributed by atoms with Crippen LogP contribution in [0.25, 0.3) is 22.1 Å². The highest BCUT2D eigenvalue weighted by Crippen LogP contribution is 2.19. The smallest absolute Gasteiger partial charge is 0.257 e. The summed E-state index contributed by atoms with van der Waals surface area (Å²) in [6.07, 6.45) is 6.33. The fraction of sp³-hybridized carbons (Fsp3) is 0.0909. The summed E-state index contributed by atoms with van der Waals surface area (Å²) < 4.78 is 3.29. The third-order valence-electron chi connectivity index (χ3n) is 5.05. The maximum atomic E-state index is 12.7. The van der Waals surface area contributed by atoms with Crippen LogP contribution in [0.15, 0.2) is 61.2 Å². The number of pyridine rings is 2. The molecule has 0 aliphatic carbocycles. The third-order valence-corrected chi connectivity index (χ3v) is 5.05. The van der Waals surface area contributed by atoms with Gasteiger partial charge in [0.1, 0.15) is 0 Å². The molecule has 2 amide bonds. The Labute approximate surface area is 181 Å². The highest BCUT2D eigenvalue weighted by molar-refractivity contribution is 6.07. The molecule has 4 aromatic heterocycles. The van der Waals surface area contributed by atoms with Gasteiger partial charge in [-0.15, -0.1) is 0 Å². The maximum absolute atomic E-state index is 12.7. The highest BCUT2D eigenvalue weighted by Gasteiger charge is 2.12. The standard InChI is InChI=1S/C22H18N8O2/c1-29-19-13(11-25-29)6-15(9-23-19)21(31)27-17-4-3-5-18(8-17)28-22(32)16-7-14-12-26-30(2)20(14)24-10-16/h3-12H,1-2H3,(H,27,31)(H,28,32). The van der Waals surface area contributed by atoms with E-state index in [9.17, 15) is 9.59 Å². The summed E-state index contributed by atoms with van der Waals surface area (Å²) in [5.74, 6) is -0.615. The fourth-order valence-corrected chi connectivity index (χ4v) is 3.42. The van der Waals surface area contributed by atoms with E-state index in [1.54, 1.807) is 72.3 Å². The summed E-state index contributed by atoms with van der Waals surface area (Å²) in [6, 6.07) is 10.4. The number of aromatic nitrogens is 6. The Kier molecular flexibility index (Phi) is 4.59. The molecule has 0 unspecified atom stereocenters. The van der Waals surface area contributed by atoms with E-state index in [1.807, 2.05) is 0 Å². The number of aryl methyl sites for hydroxylation is 2. The molecule has 10 nitrogen and oxygen atoms in total. The second kappa shape index (κ2) is 7.58. The molecule has 2 N–H and O–H groups in total. The van der Waals surface area contributed by atoms with Gasteiger partial charge in [-0.05, 0) is 30.3 Å². The first-order valence-electron chi connectivity index (χ1n) is 9.76. The maximum Gasteiger partial charge on any atom is 0.257 e. The van der Waals surface area contributed by atoms with Crippen molar-refractivity contribution in [3.63, 3.8) is 0 Å². The van der Waals surface area contributed by atoms with Crippen LogP contribution in [-0.4, -0.2) is 41.3 Å². The van der Waals surface area contributed by atoms with E-state index in [2.05, 4.69) is 30.8 Å². The number of carbonyl (C=O) groups is 2. The van der Waals surface area contributed by atoms with Gasteiger partial charge in [0, 0.05) is 48.6 Å². The Hall–Kier alpha value is -4.60. The number of carbonyl (C=O) groups excluding carboxylic acids is 2. The molecule has 0 aliphatic heterocycles. The van der Waals surface area contributed by atoms with E-state index in [4.69, 9.17) is 0 Å². The fourth-order valence-electron chi connectivity index (χ4n) is 3.42. The molecule has 4 heterocycles. The van der Waals surface area contributed by atoms with Gasteiger partial charge in [0.2, 0.25) is 0 Å². The number of amides is 2. The molecule has 0 atom stereocenters. The topological polar surface area (TPSA) is 120 Å². The largest absolute Gasteiger partial charge is 0.322 e. The third kappa shape index (κ3) is 3.54. The monoisotopic (exact) mass is 426 g/mol. The second-order valence-corrected chi connectivity index (χ2v) is 7.30. The SMILES string of the molecule is Cn1ncc2cc(C(=O)Nc3cccc(NC(=O)c4cnc5c(cnn5C)c4)c3)cnc21. The Morgan fingerprint density at radius 2 is 1.19 bits per heavy atom. The lowest BCUT2D eigenvalue weighted by molar-refractivity contribution is 0.101. The molecule has 0 bridgehead atoms. The Morgan fingerprint density at radius 3 is 1.66 bits per heavy atom. The van der Waals surface area contributed by atoms with E-state index < -0.39 is 0 Å². The van der Waals surface area contributed by atoms with Gasteiger partial charge >= 0.3 is 0 Å². The van der Waals surface area contributed by atoms with Crippen molar-refractivity contribution in [3.8, 4) is 0 Å². The van der Waals surface area contributed by atoms with Crippen LogP contribution in [0.3, 0.4) is 0 Å². The molecule has 0 saturated carbocycles. The van der Waals surface area contributed by atoms with Crippen LogP contribution in [0.1, 0.15) is 20.7 Å². The van der Waals surface area contributed by atoms with Crippen LogP contribution in [0, 0.1) is 0 Å². The molecule has 1 aromatic carbocycles. The van der Waals surface area contributed by atoms with Crippen molar-refractivity contribution < 1.29 is 9.59 Å². The van der Waals surface area contributed by atoms with Gasteiger partial charge in [-0.3, -0.25) is 19.0 Å². The predicted molar refractivity (Wildman–Crippen MR) is 119 cm³/mol. The number of benzene rings is 1. The summed E-state index contributed by atoms with van der Waals surface area (Å²) in [7, 11) is 3.58. The second-order valence-electron chi connectivity index (χ2n) is 7.30. The number of hydrogen-bond acceptors (Lipinski definition) is 6. The van der Waals surface area contributed by atoms with Crippen LogP contribution in [0.2, 0.25) is 0 Å². The zero-order valence-electron chi connectivity index (χ0n) is 17.3. The minimum absolute atomic E-state index is 0.307. The summed E-state index contributed by atoms with van der Waals surface area (Å²) >= 11 is 0. The van der Waals surface area contributed by atoms with Crippen molar-refractivity contribution in [1.82, 2.24) is 29.5 Å². The molecule has 0 aliphatic rings. The van der Waals surface area contributed by atoms with E-state index >= 15 is 0 Å². The van der Waals surface area contributed by atoms with Gasteiger partial charge in [-0.2, -0.15) is 10.2 Å². The number of anilines is 2. The summed E-state index contributed by atoms with van der Waals surface area (Å²) in [6.45, 7) is 0. The highest BCUT2D eigenvalue weighted by atomic mass is 16.2. The first-order chi connectivity index (χ1) is 15.5. The molecule has 32 heavy (non-hydrogen) atoms. The Morgan fingerprint density at radius 1 is 0.719 bits per heavy atom. The zero-order valence-corrected chi connectivity index (χ0v) is 17.3. The van der Waals surface area contributed by atoms with Crippen LogP contribution in [-0.2, 0) is 14.1 Å². The molecule has 5 rings (SSSR count). The lowest BCUT2D eigenvalue weighted by Crippen LogP contribution is -2.14. The minimum Gasteiger partial charge on any atom is -0.322 e. The van der Waals surface area contributed by atoms with E-state index in [-0.39, 0.29) is 11.8 Å². The van der Waals surface area contributed by atoms with Crippen molar-refractivity contribution in [2.24, 2.45) is 14.1 Å². The molecule has 0 radical (unpaired) electrons.